The van der Waals surface area contributed by atoms with Crippen LogP contribution in [0.4, 0.5) is 0 Å². The van der Waals surface area contributed by atoms with Crippen molar-refractivity contribution in [3.8, 4) is 0 Å². The van der Waals surface area contributed by atoms with Gasteiger partial charge in [-0.3, -0.25) is 19.5 Å². The number of rotatable bonds is 8. The smallest absolute Gasteiger partial charge is 0.234 e. The molecule has 1 aliphatic rings. The summed E-state index contributed by atoms with van der Waals surface area (Å²) in [7, 11) is 0. The average molecular weight is 352 g/mol. The number of hydrogen-bond donors (Lipinski definition) is 2. The Hall–Kier alpha value is -2.57. The molecule has 6 nitrogen and oxygen atoms in total. The fourth-order valence-electron chi connectivity index (χ4n) is 3.19. The largest absolute Gasteiger partial charge is 0.351 e. The van der Waals surface area contributed by atoms with Gasteiger partial charge in [-0.15, -0.1) is 0 Å². The summed E-state index contributed by atoms with van der Waals surface area (Å²) in [6, 6.07) is 14.0. The molecule has 2 aromatic rings. The molecule has 1 fully saturated rings. The molecule has 2 N–H and O–H groups in total. The van der Waals surface area contributed by atoms with E-state index in [2.05, 4.69) is 44.8 Å². The van der Waals surface area contributed by atoms with Gasteiger partial charge in [-0.05, 0) is 24.1 Å². The Labute approximate surface area is 153 Å². The summed E-state index contributed by atoms with van der Waals surface area (Å²) in [5, 5.41) is 6.16. The van der Waals surface area contributed by atoms with Gasteiger partial charge >= 0.3 is 0 Å². The van der Waals surface area contributed by atoms with Crippen molar-refractivity contribution in [2.24, 2.45) is 0 Å². The number of nitrogens with one attached hydrogen (secondary N) is 2. The number of benzene rings is 1. The van der Waals surface area contributed by atoms with E-state index in [1.807, 2.05) is 6.07 Å². The molecule has 2 heterocycles. The molecule has 1 aliphatic heterocycles. The van der Waals surface area contributed by atoms with Crippen LogP contribution in [0, 0.1) is 0 Å². The van der Waals surface area contributed by atoms with Gasteiger partial charge in [0, 0.05) is 44.0 Å². The van der Waals surface area contributed by atoms with Crippen molar-refractivity contribution in [2.75, 3.05) is 19.6 Å². The standard InChI is InChI=1S/C20H24N4O2/c25-15-17-6-8-22-19(10-17)11-21-12-20(26)23-18-7-9-24(14-18)13-16-4-2-1-3-5-16/h1-6,8,10,15,18,21H,7,9,11-14H2,(H,23,26). The molecule has 0 saturated carbocycles. The highest BCUT2D eigenvalue weighted by Gasteiger charge is 2.23. The van der Waals surface area contributed by atoms with E-state index in [4.69, 9.17) is 0 Å². The fraction of sp³-hybridized carbons (Fsp3) is 0.350. The zero-order chi connectivity index (χ0) is 18.2. The minimum absolute atomic E-state index is 0.0110. The van der Waals surface area contributed by atoms with E-state index in [0.717, 1.165) is 38.0 Å². The first-order chi connectivity index (χ1) is 12.7. The minimum Gasteiger partial charge on any atom is -0.351 e. The molecule has 1 unspecified atom stereocenters. The SMILES string of the molecule is O=Cc1ccnc(CNCC(=O)NC2CCN(Cc3ccccc3)C2)c1. The van der Waals surface area contributed by atoms with Crippen LogP contribution in [0.25, 0.3) is 0 Å². The summed E-state index contributed by atoms with van der Waals surface area (Å²) in [4.78, 5) is 29.4. The lowest BCUT2D eigenvalue weighted by molar-refractivity contribution is -0.120. The van der Waals surface area contributed by atoms with Gasteiger partial charge in [-0.2, -0.15) is 0 Å². The Balaban J connectivity index is 1.36. The number of pyridine rings is 1. The third kappa shape index (κ3) is 5.47. The quantitative estimate of drug-likeness (QED) is 0.702. The summed E-state index contributed by atoms with van der Waals surface area (Å²) in [5.41, 5.74) is 2.63. The maximum atomic E-state index is 12.1. The van der Waals surface area contributed by atoms with Crippen molar-refractivity contribution in [2.45, 2.75) is 25.6 Å². The van der Waals surface area contributed by atoms with E-state index in [9.17, 15) is 9.59 Å². The first kappa shape index (κ1) is 18.2. The van der Waals surface area contributed by atoms with E-state index in [-0.39, 0.29) is 18.5 Å². The third-order valence-electron chi connectivity index (χ3n) is 4.45. The van der Waals surface area contributed by atoms with Gasteiger partial charge in [0.15, 0.2) is 0 Å². The molecular formula is C20H24N4O2. The number of aromatic nitrogens is 1. The van der Waals surface area contributed by atoms with Gasteiger partial charge in [0.1, 0.15) is 6.29 Å². The molecule has 1 amide bonds. The van der Waals surface area contributed by atoms with Crippen LogP contribution in [0.15, 0.2) is 48.7 Å². The second kappa shape index (κ2) is 9.22. The van der Waals surface area contributed by atoms with Crippen LogP contribution in [-0.2, 0) is 17.9 Å². The number of hydrogen-bond acceptors (Lipinski definition) is 5. The lowest BCUT2D eigenvalue weighted by Gasteiger charge is -2.17. The van der Waals surface area contributed by atoms with Gasteiger partial charge in [-0.25, -0.2) is 0 Å². The zero-order valence-electron chi connectivity index (χ0n) is 14.7. The molecule has 0 radical (unpaired) electrons. The molecule has 1 atom stereocenters. The molecule has 0 spiro atoms. The van der Waals surface area contributed by atoms with Crippen LogP contribution in [0.3, 0.4) is 0 Å². The van der Waals surface area contributed by atoms with Crippen LogP contribution in [-0.4, -0.2) is 47.8 Å². The molecule has 0 aliphatic carbocycles. The van der Waals surface area contributed by atoms with E-state index in [1.54, 1.807) is 18.3 Å². The predicted molar refractivity (Wildman–Crippen MR) is 99.6 cm³/mol. The van der Waals surface area contributed by atoms with Crippen LogP contribution >= 0.6 is 0 Å². The van der Waals surface area contributed by atoms with Gasteiger partial charge in [-0.1, -0.05) is 30.3 Å². The summed E-state index contributed by atoms with van der Waals surface area (Å²) < 4.78 is 0. The van der Waals surface area contributed by atoms with Crippen molar-refractivity contribution in [3.63, 3.8) is 0 Å². The maximum absolute atomic E-state index is 12.1. The number of nitrogens with zero attached hydrogens (tertiary/aromatic N) is 2. The number of amides is 1. The number of carbonyl (C=O) groups is 2. The molecule has 6 heteroatoms. The molecular weight excluding hydrogens is 328 g/mol. The number of carbonyl (C=O) groups excluding carboxylic acids is 2. The van der Waals surface area contributed by atoms with Crippen LogP contribution < -0.4 is 10.6 Å². The Morgan fingerprint density at radius 1 is 1.27 bits per heavy atom. The Morgan fingerprint density at radius 3 is 2.92 bits per heavy atom. The maximum Gasteiger partial charge on any atom is 0.234 e. The Bertz CT molecular complexity index is 736. The molecule has 136 valence electrons. The first-order valence-corrected chi connectivity index (χ1v) is 8.89. The van der Waals surface area contributed by atoms with E-state index < -0.39 is 0 Å². The highest BCUT2D eigenvalue weighted by atomic mass is 16.2. The second-order valence-electron chi connectivity index (χ2n) is 6.58. The second-order valence-corrected chi connectivity index (χ2v) is 6.58. The average Bonchev–Trinajstić information content (AvgIpc) is 3.09. The summed E-state index contributed by atoms with van der Waals surface area (Å²) in [6.07, 6.45) is 3.36. The highest BCUT2D eigenvalue weighted by molar-refractivity contribution is 5.78. The number of likely N-dealkylation sites (tertiary alicyclic amines) is 1. The predicted octanol–water partition coefficient (Wildman–Crippen LogP) is 1.37. The van der Waals surface area contributed by atoms with E-state index >= 15 is 0 Å². The Morgan fingerprint density at radius 2 is 2.12 bits per heavy atom. The molecule has 26 heavy (non-hydrogen) atoms. The van der Waals surface area contributed by atoms with Crippen LogP contribution in [0.2, 0.25) is 0 Å². The Kier molecular flexibility index (Phi) is 6.46. The molecule has 0 bridgehead atoms. The highest BCUT2D eigenvalue weighted by Crippen LogP contribution is 2.13. The summed E-state index contributed by atoms with van der Waals surface area (Å²) in [5.74, 6) is -0.0110. The van der Waals surface area contributed by atoms with E-state index in [1.165, 1.54) is 5.56 Å². The van der Waals surface area contributed by atoms with Gasteiger partial charge in [0.25, 0.3) is 0 Å². The van der Waals surface area contributed by atoms with Gasteiger partial charge < -0.3 is 10.6 Å². The fourth-order valence-corrected chi connectivity index (χ4v) is 3.19. The summed E-state index contributed by atoms with van der Waals surface area (Å²) >= 11 is 0. The number of aldehydes is 1. The first-order valence-electron chi connectivity index (χ1n) is 8.89. The topological polar surface area (TPSA) is 74.3 Å². The van der Waals surface area contributed by atoms with Crippen molar-refractivity contribution in [1.29, 1.82) is 0 Å². The lowest BCUT2D eigenvalue weighted by Crippen LogP contribution is -2.41. The van der Waals surface area contributed by atoms with Gasteiger partial charge in [0.05, 0.1) is 12.2 Å². The van der Waals surface area contributed by atoms with Crippen molar-refractivity contribution < 1.29 is 9.59 Å². The van der Waals surface area contributed by atoms with Gasteiger partial charge in [0.2, 0.25) is 5.91 Å². The minimum atomic E-state index is -0.0110. The van der Waals surface area contributed by atoms with Crippen LogP contribution in [0.1, 0.15) is 28.0 Å². The third-order valence-corrected chi connectivity index (χ3v) is 4.45. The lowest BCUT2D eigenvalue weighted by atomic mass is 10.2. The van der Waals surface area contributed by atoms with Crippen molar-refractivity contribution in [1.82, 2.24) is 20.5 Å². The molecule has 1 aromatic heterocycles. The summed E-state index contributed by atoms with van der Waals surface area (Å²) in [6.45, 7) is 3.49. The van der Waals surface area contributed by atoms with Crippen LogP contribution in [0.5, 0.6) is 0 Å². The molecule has 1 aromatic carbocycles. The monoisotopic (exact) mass is 352 g/mol. The molecule has 1 saturated heterocycles. The zero-order valence-corrected chi connectivity index (χ0v) is 14.7. The van der Waals surface area contributed by atoms with Crippen molar-refractivity contribution >= 4 is 12.2 Å². The van der Waals surface area contributed by atoms with Crippen molar-refractivity contribution in [3.05, 3.63) is 65.5 Å². The normalized spacial score (nSPS) is 17.2. The van der Waals surface area contributed by atoms with E-state index in [0.29, 0.717) is 12.1 Å². The molecule has 3 rings (SSSR count).